The number of piperazine rings is 2. The summed E-state index contributed by atoms with van der Waals surface area (Å²) in [6, 6.07) is 8.95. The van der Waals surface area contributed by atoms with E-state index >= 15 is 0 Å². The molecule has 2 saturated heterocycles. The predicted molar refractivity (Wildman–Crippen MR) is 104 cm³/mol. The molecule has 2 heterocycles. The van der Waals surface area contributed by atoms with Gasteiger partial charge in [-0.25, -0.2) is 0 Å². The number of amides is 1. The molecule has 0 spiro atoms. The first kappa shape index (κ1) is 18.1. The fourth-order valence-electron chi connectivity index (χ4n) is 3.58. The molecule has 138 valence electrons. The predicted octanol–water partition coefficient (Wildman–Crippen LogP) is 2.13. The van der Waals surface area contributed by atoms with Gasteiger partial charge in [-0.05, 0) is 31.3 Å². The minimum Gasteiger partial charge on any atom is -0.369 e. The fourth-order valence-corrected chi connectivity index (χ4v) is 3.58. The van der Waals surface area contributed by atoms with Gasteiger partial charge in [-0.3, -0.25) is 4.79 Å². The highest BCUT2D eigenvalue weighted by atomic mass is 16.2. The minimum absolute atomic E-state index is 0.262. The number of likely N-dealkylation sites (N-methyl/N-ethyl adjacent to an activating group) is 1. The van der Waals surface area contributed by atoms with E-state index in [9.17, 15) is 4.79 Å². The minimum atomic E-state index is -0.285. The fraction of sp³-hybridized carbons (Fsp3) is 0.650. The summed E-state index contributed by atoms with van der Waals surface area (Å²) in [6.45, 7) is 13.9. The SMILES string of the molecule is CN1CCN(c2ccc(N3CCN(C(=O)C(C)(C)C)CC3)cc2)CC1. The quantitative estimate of drug-likeness (QED) is 0.822. The third-order valence-corrected chi connectivity index (χ3v) is 5.29. The first-order valence-corrected chi connectivity index (χ1v) is 9.42. The summed E-state index contributed by atoms with van der Waals surface area (Å²) < 4.78 is 0. The number of hydrogen-bond acceptors (Lipinski definition) is 4. The van der Waals surface area contributed by atoms with E-state index in [0.29, 0.717) is 0 Å². The van der Waals surface area contributed by atoms with Crippen LogP contribution in [0.1, 0.15) is 20.8 Å². The van der Waals surface area contributed by atoms with Crippen LogP contribution in [-0.2, 0) is 4.79 Å². The molecule has 1 aromatic carbocycles. The number of carbonyl (C=O) groups is 1. The maximum absolute atomic E-state index is 12.4. The first-order valence-electron chi connectivity index (χ1n) is 9.42. The van der Waals surface area contributed by atoms with Gasteiger partial charge in [0.25, 0.3) is 0 Å². The van der Waals surface area contributed by atoms with Crippen LogP contribution in [0.25, 0.3) is 0 Å². The molecule has 5 nitrogen and oxygen atoms in total. The molecule has 0 aliphatic carbocycles. The van der Waals surface area contributed by atoms with Crippen molar-refractivity contribution in [3.8, 4) is 0 Å². The number of hydrogen-bond donors (Lipinski definition) is 0. The molecule has 0 radical (unpaired) electrons. The van der Waals surface area contributed by atoms with E-state index in [1.807, 2.05) is 25.7 Å². The summed E-state index contributed by atoms with van der Waals surface area (Å²) in [6.07, 6.45) is 0. The van der Waals surface area contributed by atoms with Crippen molar-refractivity contribution in [1.82, 2.24) is 9.80 Å². The Kier molecular flexibility index (Phi) is 5.23. The van der Waals surface area contributed by atoms with Gasteiger partial charge in [0, 0.05) is 69.1 Å². The second kappa shape index (κ2) is 7.24. The molecule has 2 aliphatic rings. The second-order valence-electron chi connectivity index (χ2n) is 8.34. The van der Waals surface area contributed by atoms with Gasteiger partial charge in [-0.2, -0.15) is 0 Å². The molecule has 0 bridgehead atoms. The Labute approximate surface area is 152 Å². The largest absolute Gasteiger partial charge is 0.369 e. The lowest BCUT2D eigenvalue weighted by Crippen LogP contribution is -2.51. The maximum atomic E-state index is 12.4. The maximum Gasteiger partial charge on any atom is 0.228 e. The molecule has 1 aromatic rings. The average molecular weight is 345 g/mol. The third-order valence-electron chi connectivity index (χ3n) is 5.29. The van der Waals surface area contributed by atoms with Crippen LogP contribution < -0.4 is 9.80 Å². The summed E-state index contributed by atoms with van der Waals surface area (Å²) >= 11 is 0. The van der Waals surface area contributed by atoms with Gasteiger partial charge in [0.2, 0.25) is 5.91 Å². The molecule has 2 aliphatic heterocycles. The van der Waals surface area contributed by atoms with Crippen molar-refractivity contribution in [2.45, 2.75) is 20.8 Å². The van der Waals surface area contributed by atoms with E-state index in [1.165, 1.54) is 11.4 Å². The van der Waals surface area contributed by atoms with E-state index in [-0.39, 0.29) is 11.3 Å². The van der Waals surface area contributed by atoms with Crippen LogP contribution in [0.3, 0.4) is 0 Å². The lowest BCUT2D eigenvalue weighted by molar-refractivity contribution is -0.139. The molecule has 0 atom stereocenters. The molecule has 1 amide bonds. The van der Waals surface area contributed by atoms with E-state index in [0.717, 1.165) is 52.4 Å². The van der Waals surface area contributed by atoms with Crippen LogP contribution in [0.2, 0.25) is 0 Å². The normalized spacial score (nSPS) is 20.1. The van der Waals surface area contributed by atoms with Crippen LogP contribution in [0.15, 0.2) is 24.3 Å². The molecule has 0 saturated carbocycles. The molecule has 0 aromatic heterocycles. The highest BCUT2D eigenvalue weighted by molar-refractivity contribution is 5.81. The van der Waals surface area contributed by atoms with Crippen LogP contribution >= 0.6 is 0 Å². The van der Waals surface area contributed by atoms with Crippen molar-refractivity contribution in [3.05, 3.63) is 24.3 Å². The smallest absolute Gasteiger partial charge is 0.228 e. The van der Waals surface area contributed by atoms with Crippen molar-refractivity contribution < 1.29 is 4.79 Å². The van der Waals surface area contributed by atoms with Crippen LogP contribution in [0.5, 0.6) is 0 Å². The summed E-state index contributed by atoms with van der Waals surface area (Å²) in [7, 11) is 2.19. The molecule has 0 N–H and O–H groups in total. The van der Waals surface area contributed by atoms with Crippen LogP contribution in [-0.4, -0.2) is 75.1 Å². The number of nitrogens with zero attached hydrogens (tertiary/aromatic N) is 4. The molecule has 2 fully saturated rings. The zero-order valence-electron chi connectivity index (χ0n) is 16.2. The standard InChI is InChI=1S/C20H32N4O/c1-20(2,3)19(25)24-15-13-23(14-16-24)18-7-5-17(6-8-18)22-11-9-21(4)10-12-22/h5-8H,9-16H2,1-4H3. The molecule has 0 unspecified atom stereocenters. The van der Waals surface area contributed by atoms with E-state index in [4.69, 9.17) is 0 Å². The van der Waals surface area contributed by atoms with Gasteiger partial charge in [-0.1, -0.05) is 20.8 Å². The average Bonchev–Trinajstić information content (AvgIpc) is 2.61. The monoisotopic (exact) mass is 344 g/mol. The summed E-state index contributed by atoms with van der Waals surface area (Å²) in [4.78, 5) is 21.6. The Balaban J connectivity index is 1.56. The summed E-state index contributed by atoms with van der Waals surface area (Å²) in [5, 5.41) is 0. The Morgan fingerprint density at radius 2 is 1.16 bits per heavy atom. The molecule has 5 heteroatoms. The van der Waals surface area contributed by atoms with Gasteiger partial charge in [0.05, 0.1) is 0 Å². The topological polar surface area (TPSA) is 30.0 Å². The molecular weight excluding hydrogens is 312 g/mol. The Hall–Kier alpha value is -1.75. The zero-order valence-corrected chi connectivity index (χ0v) is 16.2. The summed E-state index contributed by atoms with van der Waals surface area (Å²) in [5.74, 6) is 0.262. The number of anilines is 2. The molecule has 3 rings (SSSR count). The Morgan fingerprint density at radius 1 is 0.760 bits per heavy atom. The van der Waals surface area contributed by atoms with Gasteiger partial charge in [0.15, 0.2) is 0 Å². The van der Waals surface area contributed by atoms with Crippen molar-refractivity contribution in [3.63, 3.8) is 0 Å². The highest BCUT2D eigenvalue weighted by Gasteiger charge is 2.29. The Bertz CT molecular complexity index is 577. The van der Waals surface area contributed by atoms with Crippen LogP contribution in [0, 0.1) is 5.41 Å². The van der Waals surface area contributed by atoms with Crippen molar-refractivity contribution >= 4 is 17.3 Å². The van der Waals surface area contributed by atoms with E-state index in [1.54, 1.807) is 0 Å². The second-order valence-corrected chi connectivity index (χ2v) is 8.34. The molecular formula is C20H32N4O. The number of benzene rings is 1. The van der Waals surface area contributed by atoms with Crippen molar-refractivity contribution in [2.75, 3.05) is 69.2 Å². The number of carbonyl (C=O) groups excluding carboxylic acids is 1. The zero-order chi connectivity index (χ0) is 18.0. The lowest BCUT2D eigenvalue weighted by atomic mass is 9.94. The van der Waals surface area contributed by atoms with Crippen molar-refractivity contribution in [2.24, 2.45) is 5.41 Å². The molecule has 25 heavy (non-hydrogen) atoms. The van der Waals surface area contributed by atoms with Gasteiger partial charge in [-0.15, -0.1) is 0 Å². The third kappa shape index (κ3) is 4.27. The lowest BCUT2D eigenvalue weighted by Gasteiger charge is -2.39. The highest BCUT2D eigenvalue weighted by Crippen LogP contribution is 2.24. The summed E-state index contributed by atoms with van der Waals surface area (Å²) in [5.41, 5.74) is 2.30. The van der Waals surface area contributed by atoms with E-state index < -0.39 is 0 Å². The van der Waals surface area contributed by atoms with E-state index in [2.05, 4.69) is 46.0 Å². The first-order chi connectivity index (χ1) is 11.8. The van der Waals surface area contributed by atoms with Gasteiger partial charge >= 0.3 is 0 Å². The van der Waals surface area contributed by atoms with Crippen molar-refractivity contribution in [1.29, 1.82) is 0 Å². The van der Waals surface area contributed by atoms with Crippen LogP contribution in [0.4, 0.5) is 11.4 Å². The van der Waals surface area contributed by atoms with Gasteiger partial charge < -0.3 is 19.6 Å². The number of rotatable bonds is 2. The Morgan fingerprint density at radius 3 is 1.56 bits per heavy atom. The van der Waals surface area contributed by atoms with Gasteiger partial charge in [0.1, 0.15) is 0 Å².